The van der Waals surface area contributed by atoms with Gasteiger partial charge in [0.2, 0.25) is 5.91 Å². The Morgan fingerprint density at radius 2 is 1.94 bits per heavy atom. The third-order valence-electron chi connectivity index (χ3n) is 3.95. The summed E-state index contributed by atoms with van der Waals surface area (Å²) in [6, 6.07) is 0.891. The summed E-state index contributed by atoms with van der Waals surface area (Å²) in [5.41, 5.74) is 5.65. The molecule has 1 aliphatic carbocycles. The first-order chi connectivity index (χ1) is 8.71. The van der Waals surface area contributed by atoms with Crippen LogP contribution in [0.15, 0.2) is 0 Å². The molecule has 0 saturated heterocycles. The lowest BCUT2D eigenvalue weighted by Crippen LogP contribution is -2.46. The smallest absolute Gasteiger partial charge is 0.234 e. The fourth-order valence-electron chi connectivity index (χ4n) is 2.78. The van der Waals surface area contributed by atoms with Crippen molar-refractivity contribution in [1.82, 2.24) is 10.2 Å². The predicted octanol–water partition coefficient (Wildman–Crippen LogP) is 1.49. The minimum Gasteiger partial charge on any atom is -0.352 e. The van der Waals surface area contributed by atoms with Crippen LogP contribution < -0.4 is 11.1 Å². The number of carbonyl (C=O) groups is 1. The van der Waals surface area contributed by atoms with Crippen molar-refractivity contribution in [2.45, 2.75) is 64.5 Å². The average Bonchev–Trinajstić information content (AvgIpc) is 2.89. The van der Waals surface area contributed by atoms with E-state index in [1.54, 1.807) is 0 Å². The molecule has 1 saturated carbocycles. The van der Waals surface area contributed by atoms with Gasteiger partial charge in [0.1, 0.15) is 0 Å². The molecule has 1 rings (SSSR count). The zero-order chi connectivity index (χ0) is 13.4. The molecule has 1 fully saturated rings. The first-order valence-electron chi connectivity index (χ1n) is 7.44. The van der Waals surface area contributed by atoms with Crippen LogP contribution in [0, 0.1) is 0 Å². The van der Waals surface area contributed by atoms with E-state index in [2.05, 4.69) is 24.1 Å². The molecule has 0 bridgehead atoms. The van der Waals surface area contributed by atoms with Crippen LogP contribution in [-0.2, 0) is 4.79 Å². The summed E-state index contributed by atoms with van der Waals surface area (Å²) in [6.07, 6.45) is 7.03. The molecule has 0 radical (unpaired) electrons. The van der Waals surface area contributed by atoms with E-state index in [1.807, 2.05) is 0 Å². The Balaban J connectivity index is 2.41. The summed E-state index contributed by atoms with van der Waals surface area (Å²) in [4.78, 5) is 14.3. The van der Waals surface area contributed by atoms with E-state index in [-0.39, 0.29) is 5.91 Å². The molecular weight excluding hydrogens is 226 g/mol. The van der Waals surface area contributed by atoms with Crippen LogP contribution in [0.4, 0.5) is 0 Å². The lowest BCUT2D eigenvalue weighted by Gasteiger charge is -2.28. The van der Waals surface area contributed by atoms with Crippen LogP contribution in [0.3, 0.4) is 0 Å². The van der Waals surface area contributed by atoms with Crippen molar-refractivity contribution >= 4 is 5.91 Å². The normalized spacial score (nSPS) is 16.7. The number of nitrogens with two attached hydrogens (primary N) is 1. The first-order valence-corrected chi connectivity index (χ1v) is 7.44. The maximum Gasteiger partial charge on any atom is 0.234 e. The number of nitrogens with zero attached hydrogens (tertiary/aromatic N) is 1. The Morgan fingerprint density at radius 1 is 1.33 bits per heavy atom. The monoisotopic (exact) mass is 255 g/mol. The van der Waals surface area contributed by atoms with Crippen molar-refractivity contribution in [1.29, 1.82) is 0 Å². The van der Waals surface area contributed by atoms with Crippen molar-refractivity contribution in [3.05, 3.63) is 0 Å². The number of amides is 1. The molecule has 0 aromatic carbocycles. The lowest BCUT2D eigenvalue weighted by atomic mass is 10.1. The Bertz CT molecular complexity index is 235. The minimum absolute atomic E-state index is 0.157. The fourth-order valence-corrected chi connectivity index (χ4v) is 2.78. The van der Waals surface area contributed by atoms with Crippen LogP contribution in [0.1, 0.15) is 52.4 Å². The third-order valence-corrected chi connectivity index (χ3v) is 3.95. The van der Waals surface area contributed by atoms with E-state index < -0.39 is 0 Å². The van der Waals surface area contributed by atoms with Gasteiger partial charge in [0.25, 0.3) is 0 Å². The number of nitrogens with one attached hydrogen (secondary N) is 1. The van der Waals surface area contributed by atoms with Gasteiger partial charge in [-0.3, -0.25) is 9.69 Å². The Labute approximate surface area is 111 Å². The molecule has 106 valence electrons. The molecule has 0 aromatic rings. The Hall–Kier alpha value is -0.610. The average molecular weight is 255 g/mol. The van der Waals surface area contributed by atoms with Gasteiger partial charge in [-0.1, -0.05) is 26.7 Å². The number of hydrogen-bond acceptors (Lipinski definition) is 3. The van der Waals surface area contributed by atoms with Gasteiger partial charge in [0, 0.05) is 25.2 Å². The third kappa shape index (κ3) is 4.94. The van der Waals surface area contributed by atoms with Crippen molar-refractivity contribution < 1.29 is 4.79 Å². The molecule has 1 aliphatic rings. The molecule has 0 atom stereocenters. The van der Waals surface area contributed by atoms with Gasteiger partial charge in [0.05, 0.1) is 6.54 Å². The second kappa shape index (κ2) is 8.48. The maximum absolute atomic E-state index is 12.0. The molecule has 0 aliphatic heterocycles. The largest absolute Gasteiger partial charge is 0.352 e. The number of hydrogen-bond donors (Lipinski definition) is 2. The van der Waals surface area contributed by atoms with Gasteiger partial charge in [-0.05, 0) is 25.7 Å². The van der Waals surface area contributed by atoms with Crippen LogP contribution in [0.2, 0.25) is 0 Å². The summed E-state index contributed by atoms with van der Waals surface area (Å²) in [5, 5.41) is 3.11. The SMILES string of the molecule is CCC(CC)NC(=O)CN(CCN)C1CCCC1. The van der Waals surface area contributed by atoms with Crippen molar-refractivity contribution in [2.75, 3.05) is 19.6 Å². The standard InChI is InChI=1S/C14H29N3O/c1-3-12(4-2)16-14(18)11-17(10-9-15)13-7-5-6-8-13/h12-13H,3-11,15H2,1-2H3,(H,16,18). The van der Waals surface area contributed by atoms with Crippen molar-refractivity contribution in [3.63, 3.8) is 0 Å². The zero-order valence-electron chi connectivity index (χ0n) is 12.0. The summed E-state index contributed by atoms with van der Waals surface area (Å²) in [5.74, 6) is 0.157. The van der Waals surface area contributed by atoms with E-state index in [0.29, 0.717) is 25.2 Å². The molecule has 0 heterocycles. The van der Waals surface area contributed by atoms with Gasteiger partial charge in [-0.25, -0.2) is 0 Å². The number of carbonyl (C=O) groups excluding carboxylic acids is 1. The minimum atomic E-state index is 0.157. The van der Waals surface area contributed by atoms with E-state index in [1.165, 1.54) is 25.7 Å². The van der Waals surface area contributed by atoms with Gasteiger partial charge in [0.15, 0.2) is 0 Å². The molecule has 18 heavy (non-hydrogen) atoms. The van der Waals surface area contributed by atoms with Crippen LogP contribution in [-0.4, -0.2) is 42.5 Å². The van der Waals surface area contributed by atoms with Gasteiger partial charge < -0.3 is 11.1 Å². The summed E-state index contributed by atoms with van der Waals surface area (Å²) >= 11 is 0. The van der Waals surface area contributed by atoms with E-state index >= 15 is 0 Å². The van der Waals surface area contributed by atoms with Gasteiger partial charge >= 0.3 is 0 Å². The highest BCUT2D eigenvalue weighted by atomic mass is 16.2. The summed E-state index contributed by atoms with van der Waals surface area (Å²) in [7, 11) is 0. The fraction of sp³-hybridized carbons (Fsp3) is 0.929. The second-order valence-electron chi connectivity index (χ2n) is 5.28. The predicted molar refractivity (Wildman–Crippen MR) is 75.4 cm³/mol. The highest BCUT2D eigenvalue weighted by Crippen LogP contribution is 2.22. The van der Waals surface area contributed by atoms with Gasteiger partial charge in [-0.15, -0.1) is 0 Å². The van der Waals surface area contributed by atoms with E-state index in [4.69, 9.17) is 5.73 Å². The van der Waals surface area contributed by atoms with Gasteiger partial charge in [-0.2, -0.15) is 0 Å². The van der Waals surface area contributed by atoms with Crippen LogP contribution in [0.25, 0.3) is 0 Å². The Morgan fingerprint density at radius 3 is 2.44 bits per heavy atom. The van der Waals surface area contributed by atoms with Crippen molar-refractivity contribution in [2.24, 2.45) is 5.73 Å². The highest BCUT2D eigenvalue weighted by molar-refractivity contribution is 5.78. The van der Waals surface area contributed by atoms with E-state index in [0.717, 1.165) is 19.4 Å². The summed E-state index contributed by atoms with van der Waals surface area (Å²) in [6.45, 7) is 6.21. The molecule has 4 heteroatoms. The molecule has 0 aromatic heterocycles. The molecule has 1 amide bonds. The topological polar surface area (TPSA) is 58.4 Å². The lowest BCUT2D eigenvalue weighted by molar-refractivity contribution is -0.123. The van der Waals surface area contributed by atoms with Crippen LogP contribution in [0.5, 0.6) is 0 Å². The summed E-state index contributed by atoms with van der Waals surface area (Å²) < 4.78 is 0. The van der Waals surface area contributed by atoms with E-state index in [9.17, 15) is 4.79 Å². The second-order valence-corrected chi connectivity index (χ2v) is 5.28. The molecule has 0 spiro atoms. The highest BCUT2D eigenvalue weighted by Gasteiger charge is 2.24. The zero-order valence-corrected chi connectivity index (χ0v) is 12.0. The molecule has 0 unspecified atom stereocenters. The molecule has 3 N–H and O–H groups in total. The Kier molecular flexibility index (Phi) is 7.28. The molecular formula is C14H29N3O. The van der Waals surface area contributed by atoms with Crippen molar-refractivity contribution in [3.8, 4) is 0 Å². The first kappa shape index (κ1) is 15.4. The van der Waals surface area contributed by atoms with Crippen LogP contribution >= 0.6 is 0 Å². The molecule has 4 nitrogen and oxygen atoms in total. The quantitative estimate of drug-likeness (QED) is 0.691. The number of rotatable bonds is 8. The maximum atomic E-state index is 12.0.